The van der Waals surface area contributed by atoms with Crippen LogP contribution in [0, 0.1) is 6.92 Å². The van der Waals surface area contributed by atoms with Gasteiger partial charge in [0.1, 0.15) is 0 Å². The predicted molar refractivity (Wildman–Crippen MR) is 95.9 cm³/mol. The molecule has 0 radical (unpaired) electrons. The number of rotatable bonds is 4. The summed E-state index contributed by atoms with van der Waals surface area (Å²) >= 11 is 0. The van der Waals surface area contributed by atoms with Gasteiger partial charge < -0.3 is 10.2 Å². The zero-order valence-corrected chi connectivity index (χ0v) is 14.7. The molecular formula is C20H23N3O2. The van der Waals surface area contributed by atoms with E-state index in [0.717, 1.165) is 41.9 Å². The van der Waals surface area contributed by atoms with Gasteiger partial charge in [-0.2, -0.15) is 0 Å². The molecule has 1 aliphatic rings. The van der Waals surface area contributed by atoms with Crippen LogP contribution in [0.1, 0.15) is 53.1 Å². The normalized spacial score (nSPS) is 16.7. The van der Waals surface area contributed by atoms with Crippen LogP contribution < -0.4 is 5.32 Å². The van der Waals surface area contributed by atoms with Crippen LogP contribution in [0.2, 0.25) is 0 Å². The molecular weight excluding hydrogens is 314 g/mol. The molecule has 1 saturated heterocycles. The Hall–Kier alpha value is -2.69. The first-order chi connectivity index (χ1) is 12.1. The number of carbonyl (C=O) groups excluding carboxylic acids is 2. The average Bonchev–Trinajstić information content (AvgIpc) is 3.10. The van der Waals surface area contributed by atoms with Crippen molar-refractivity contribution in [3.8, 4) is 0 Å². The molecule has 2 heterocycles. The minimum atomic E-state index is -0.0792. The van der Waals surface area contributed by atoms with Crippen LogP contribution in [0.15, 0.2) is 42.5 Å². The fraction of sp³-hybridized carbons (Fsp3) is 0.350. The van der Waals surface area contributed by atoms with E-state index < -0.39 is 0 Å². The molecule has 0 spiro atoms. The average molecular weight is 337 g/mol. The Morgan fingerprint density at radius 2 is 2.00 bits per heavy atom. The molecule has 1 N–H and O–H groups in total. The highest BCUT2D eigenvalue weighted by atomic mass is 16.2. The van der Waals surface area contributed by atoms with Gasteiger partial charge in [0.05, 0.1) is 24.0 Å². The second-order valence-corrected chi connectivity index (χ2v) is 6.44. The number of nitrogens with one attached hydrogen (secondary N) is 1. The fourth-order valence-electron chi connectivity index (χ4n) is 3.28. The third kappa shape index (κ3) is 3.87. The minimum Gasteiger partial charge on any atom is -0.351 e. The Bertz CT molecular complexity index is 788. The number of hydrogen-bond donors (Lipinski definition) is 1. The predicted octanol–water partition coefficient (Wildman–Crippen LogP) is 3.00. The molecule has 1 aromatic heterocycles. The Morgan fingerprint density at radius 1 is 1.20 bits per heavy atom. The highest BCUT2D eigenvalue weighted by molar-refractivity contribution is 5.96. The van der Waals surface area contributed by atoms with Gasteiger partial charge in [-0.1, -0.05) is 24.3 Å². The summed E-state index contributed by atoms with van der Waals surface area (Å²) in [5.41, 5.74) is 3.44. The molecule has 0 saturated carbocycles. The van der Waals surface area contributed by atoms with Gasteiger partial charge in [-0.05, 0) is 43.5 Å². The van der Waals surface area contributed by atoms with E-state index >= 15 is 0 Å². The molecule has 25 heavy (non-hydrogen) atoms. The summed E-state index contributed by atoms with van der Waals surface area (Å²) in [4.78, 5) is 30.7. The van der Waals surface area contributed by atoms with Crippen molar-refractivity contribution in [2.75, 3.05) is 6.54 Å². The first kappa shape index (κ1) is 17.1. The van der Waals surface area contributed by atoms with E-state index in [9.17, 15) is 9.59 Å². The van der Waals surface area contributed by atoms with E-state index in [0.29, 0.717) is 6.54 Å². The van der Waals surface area contributed by atoms with E-state index in [4.69, 9.17) is 0 Å². The molecule has 130 valence electrons. The lowest BCUT2D eigenvalue weighted by Gasteiger charge is -2.25. The summed E-state index contributed by atoms with van der Waals surface area (Å²) in [5, 5.41) is 2.76. The van der Waals surface area contributed by atoms with Gasteiger partial charge in [-0.3, -0.25) is 14.6 Å². The largest absolute Gasteiger partial charge is 0.351 e. The van der Waals surface area contributed by atoms with Gasteiger partial charge in [-0.15, -0.1) is 0 Å². The molecule has 1 aromatic carbocycles. The number of hydrogen-bond acceptors (Lipinski definition) is 3. The molecule has 1 fully saturated rings. The SMILES string of the molecule is CC(=O)NCc1cccc([C@H]2CCCN2C(=O)c2ccccc2C)n1. The lowest BCUT2D eigenvalue weighted by atomic mass is 10.1. The van der Waals surface area contributed by atoms with Crippen LogP contribution >= 0.6 is 0 Å². The van der Waals surface area contributed by atoms with E-state index in [2.05, 4.69) is 10.3 Å². The van der Waals surface area contributed by atoms with Gasteiger partial charge in [0.15, 0.2) is 0 Å². The molecule has 2 amide bonds. The third-order valence-electron chi connectivity index (χ3n) is 4.58. The van der Waals surface area contributed by atoms with E-state index in [1.807, 2.05) is 54.3 Å². The molecule has 5 heteroatoms. The smallest absolute Gasteiger partial charge is 0.254 e. The van der Waals surface area contributed by atoms with Crippen LogP contribution in [-0.4, -0.2) is 28.2 Å². The fourth-order valence-corrected chi connectivity index (χ4v) is 3.28. The van der Waals surface area contributed by atoms with Crippen LogP contribution in [0.4, 0.5) is 0 Å². The first-order valence-corrected chi connectivity index (χ1v) is 8.63. The summed E-state index contributed by atoms with van der Waals surface area (Å²) in [5.74, 6) is -0.0147. The molecule has 1 aliphatic heterocycles. The number of benzene rings is 1. The Kier molecular flexibility index (Phi) is 5.12. The van der Waals surface area contributed by atoms with Crippen molar-refractivity contribution >= 4 is 11.8 Å². The molecule has 3 rings (SSSR count). The molecule has 1 atom stereocenters. The van der Waals surface area contributed by atoms with Crippen molar-refractivity contribution in [1.29, 1.82) is 0 Å². The number of aryl methyl sites for hydroxylation is 1. The highest BCUT2D eigenvalue weighted by Gasteiger charge is 2.32. The van der Waals surface area contributed by atoms with E-state index in [1.54, 1.807) is 0 Å². The Balaban J connectivity index is 1.82. The first-order valence-electron chi connectivity index (χ1n) is 8.63. The Morgan fingerprint density at radius 3 is 2.76 bits per heavy atom. The molecule has 0 bridgehead atoms. The number of aromatic nitrogens is 1. The standard InChI is InChI=1S/C20H23N3O2/c1-14-7-3-4-9-17(14)20(25)23-12-6-11-19(23)18-10-5-8-16(22-18)13-21-15(2)24/h3-5,7-10,19H,6,11-13H2,1-2H3,(H,21,24)/t19-/m1/s1. The van der Waals surface area contributed by atoms with Crippen molar-refractivity contribution < 1.29 is 9.59 Å². The highest BCUT2D eigenvalue weighted by Crippen LogP contribution is 2.32. The maximum Gasteiger partial charge on any atom is 0.254 e. The maximum atomic E-state index is 13.0. The molecule has 0 aliphatic carbocycles. The minimum absolute atomic E-state index is 0.00983. The van der Waals surface area contributed by atoms with Crippen molar-refractivity contribution in [3.63, 3.8) is 0 Å². The lowest BCUT2D eigenvalue weighted by Crippen LogP contribution is -2.31. The second-order valence-electron chi connectivity index (χ2n) is 6.44. The van der Waals surface area contributed by atoms with Crippen molar-refractivity contribution in [3.05, 3.63) is 65.0 Å². The second kappa shape index (κ2) is 7.47. The molecule has 5 nitrogen and oxygen atoms in total. The summed E-state index contributed by atoms with van der Waals surface area (Å²) in [7, 11) is 0. The van der Waals surface area contributed by atoms with Crippen LogP contribution in [0.3, 0.4) is 0 Å². The van der Waals surface area contributed by atoms with E-state index in [-0.39, 0.29) is 17.9 Å². The number of carbonyl (C=O) groups is 2. The van der Waals surface area contributed by atoms with Gasteiger partial charge in [0, 0.05) is 19.0 Å². The monoisotopic (exact) mass is 337 g/mol. The number of nitrogens with zero attached hydrogens (tertiary/aromatic N) is 2. The number of likely N-dealkylation sites (tertiary alicyclic amines) is 1. The third-order valence-corrected chi connectivity index (χ3v) is 4.58. The number of amides is 2. The van der Waals surface area contributed by atoms with Crippen LogP contribution in [0.25, 0.3) is 0 Å². The summed E-state index contributed by atoms with van der Waals surface area (Å²) < 4.78 is 0. The van der Waals surface area contributed by atoms with Gasteiger partial charge in [0.25, 0.3) is 5.91 Å². The van der Waals surface area contributed by atoms with Crippen molar-refractivity contribution in [1.82, 2.24) is 15.2 Å². The quantitative estimate of drug-likeness (QED) is 0.933. The zero-order valence-electron chi connectivity index (χ0n) is 14.7. The van der Waals surface area contributed by atoms with Crippen LogP contribution in [0.5, 0.6) is 0 Å². The van der Waals surface area contributed by atoms with Crippen molar-refractivity contribution in [2.24, 2.45) is 0 Å². The van der Waals surface area contributed by atoms with Gasteiger partial charge in [-0.25, -0.2) is 0 Å². The maximum absolute atomic E-state index is 13.0. The summed E-state index contributed by atoms with van der Waals surface area (Å²) in [6, 6.07) is 13.5. The Labute approximate surface area is 148 Å². The van der Waals surface area contributed by atoms with Gasteiger partial charge >= 0.3 is 0 Å². The lowest BCUT2D eigenvalue weighted by molar-refractivity contribution is -0.119. The molecule has 0 unspecified atom stereocenters. The summed E-state index contributed by atoms with van der Waals surface area (Å²) in [6.07, 6.45) is 1.88. The van der Waals surface area contributed by atoms with E-state index in [1.165, 1.54) is 6.92 Å². The van der Waals surface area contributed by atoms with Gasteiger partial charge in [0.2, 0.25) is 5.91 Å². The van der Waals surface area contributed by atoms with Crippen molar-refractivity contribution in [2.45, 2.75) is 39.3 Å². The topological polar surface area (TPSA) is 62.3 Å². The number of pyridine rings is 1. The molecule has 2 aromatic rings. The van der Waals surface area contributed by atoms with Crippen LogP contribution in [-0.2, 0) is 11.3 Å². The zero-order chi connectivity index (χ0) is 17.8. The summed E-state index contributed by atoms with van der Waals surface area (Å²) in [6.45, 7) is 4.60.